The van der Waals surface area contributed by atoms with Crippen LogP contribution in [0.5, 0.6) is 0 Å². The Morgan fingerprint density at radius 3 is 2.85 bits per heavy atom. The molecule has 1 heterocycles. The normalized spacial score (nSPS) is 20.1. The van der Waals surface area contributed by atoms with Gasteiger partial charge in [-0.25, -0.2) is 4.79 Å². The summed E-state index contributed by atoms with van der Waals surface area (Å²) in [5.41, 5.74) is 0.804. The number of halogens is 2. The number of hydrogen-bond acceptors (Lipinski definition) is 3. The van der Waals surface area contributed by atoms with E-state index in [1.807, 2.05) is 19.1 Å². The van der Waals surface area contributed by atoms with E-state index in [9.17, 15) is 9.59 Å². The highest BCUT2D eigenvalue weighted by molar-refractivity contribution is 9.10. The van der Waals surface area contributed by atoms with Gasteiger partial charge in [0.1, 0.15) is 6.04 Å². The molecule has 108 valence electrons. The van der Waals surface area contributed by atoms with Gasteiger partial charge >= 0.3 is 5.97 Å². The van der Waals surface area contributed by atoms with Gasteiger partial charge in [0.15, 0.2) is 0 Å². The summed E-state index contributed by atoms with van der Waals surface area (Å²) in [6.45, 7) is 1.87. The van der Waals surface area contributed by atoms with Crippen molar-refractivity contribution in [2.75, 3.05) is 7.11 Å². The van der Waals surface area contributed by atoms with Crippen LogP contribution < -0.4 is 0 Å². The fourth-order valence-electron chi connectivity index (χ4n) is 2.60. The van der Waals surface area contributed by atoms with E-state index in [1.165, 1.54) is 7.11 Å². The molecule has 1 aromatic carbocycles. The highest BCUT2D eigenvalue weighted by Gasteiger charge is 2.40. The van der Waals surface area contributed by atoms with Gasteiger partial charge in [-0.2, -0.15) is 0 Å². The van der Waals surface area contributed by atoms with Gasteiger partial charge in [0.05, 0.1) is 13.2 Å². The average molecular weight is 361 g/mol. The molecule has 2 unspecified atom stereocenters. The zero-order valence-corrected chi connectivity index (χ0v) is 13.6. The maximum absolute atomic E-state index is 12.1. The van der Waals surface area contributed by atoms with Crippen LogP contribution in [0.3, 0.4) is 0 Å². The van der Waals surface area contributed by atoms with Crippen molar-refractivity contribution >= 4 is 39.4 Å². The number of esters is 1. The van der Waals surface area contributed by atoms with Crippen LogP contribution in [0.25, 0.3) is 0 Å². The zero-order chi connectivity index (χ0) is 14.9. The summed E-state index contributed by atoms with van der Waals surface area (Å²) in [5, 5.41) is 0.565. The zero-order valence-electron chi connectivity index (χ0n) is 11.2. The van der Waals surface area contributed by atoms with Crippen molar-refractivity contribution in [3.8, 4) is 0 Å². The van der Waals surface area contributed by atoms with E-state index in [1.54, 1.807) is 11.0 Å². The molecule has 0 aromatic heterocycles. The van der Waals surface area contributed by atoms with Crippen LogP contribution in [0.15, 0.2) is 22.7 Å². The van der Waals surface area contributed by atoms with Crippen molar-refractivity contribution in [1.29, 1.82) is 0 Å². The Morgan fingerprint density at radius 2 is 2.25 bits per heavy atom. The summed E-state index contributed by atoms with van der Waals surface area (Å²) in [4.78, 5) is 25.5. The highest BCUT2D eigenvalue weighted by Crippen LogP contribution is 2.37. The molecule has 0 radical (unpaired) electrons. The molecule has 2 atom stereocenters. The molecule has 2 rings (SSSR count). The van der Waals surface area contributed by atoms with E-state index in [4.69, 9.17) is 16.3 Å². The Balaban J connectivity index is 2.37. The SMILES string of the molecule is COC(=O)C1CCC(=O)N1C(C)c1c(Cl)cccc1Br. The molecule has 6 heteroatoms. The van der Waals surface area contributed by atoms with Gasteiger partial charge in [0, 0.05) is 21.5 Å². The lowest BCUT2D eigenvalue weighted by Crippen LogP contribution is -2.41. The Labute approximate surface area is 131 Å². The number of carbonyl (C=O) groups excluding carboxylic acids is 2. The quantitative estimate of drug-likeness (QED) is 0.777. The van der Waals surface area contributed by atoms with Gasteiger partial charge < -0.3 is 9.64 Å². The molecule has 1 aliphatic rings. The summed E-state index contributed by atoms with van der Waals surface area (Å²) in [6.07, 6.45) is 0.837. The molecule has 4 nitrogen and oxygen atoms in total. The first-order chi connectivity index (χ1) is 9.47. The highest BCUT2D eigenvalue weighted by atomic mass is 79.9. The van der Waals surface area contributed by atoms with Crippen molar-refractivity contribution < 1.29 is 14.3 Å². The first-order valence-corrected chi connectivity index (χ1v) is 7.47. The number of ether oxygens (including phenoxy) is 1. The monoisotopic (exact) mass is 359 g/mol. The summed E-state index contributed by atoms with van der Waals surface area (Å²) in [5.74, 6) is -0.439. The number of hydrogen-bond donors (Lipinski definition) is 0. The van der Waals surface area contributed by atoms with E-state index >= 15 is 0 Å². The summed E-state index contributed by atoms with van der Waals surface area (Å²) in [7, 11) is 1.33. The number of methoxy groups -OCH3 is 1. The van der Waals surface area contributed by atoms with Gasteiger partial charge in [-0.1, -0.05) is 33.6 Å². The number of likely N-dealkylation sites (tertiary alicyclic amines) is 1. The van der Waals surface area contributed by atoms with Crippen LogP contribution in [-0.2, 0) is 14.3 Å². The molecular weight excluding hydrogens is 346 g/mol. The standard InChI is InChI=1S/C14H15BrClNO3/c1-8(13-9(15)4-3-5-10(13)16)17-11(14(19)20-2)6-7-12(17)18/h3-5,8,11H,6-7H2,1-2H3. The molecule has 0 aliphatic carbocycles. The third-order valence-electron chi connectivity index (χ3n) is 3.56. The molecule has 0 bridgehead atoms. The maximum Gasteiger partial charge on any atom is 0.328 e. The Hall–Kier alpha value is -1.07. The fourth-order valence-corrected chi connectivity index (χ4v) is 3.75. The summed E-state index contributed by atoms with van der Waals surface area (Å²) in [6, 6.07) is 4.63. The van der Waals surface area contributed by atoms with Crippen LogP contribution in [0.2, 0.25) is 5.02 Å². The van der Waals surface area contributed by atoms with Crippen molar-refractivity contribution in [1.82, 2.24) is 4.90 Å². The van der Waals surface area contributed by atoms with Crippen molar-refractivity contribution in [3.05, 3.63) is 33.3 Å². The summed E-state index contributed by atoms with van der Waals surface area (Å²) < 4.78 is 5.60. The lowest BCUT2D eigenvalue weighted by molar-refractivity contribution is -0.150. The van der Waals surface area contributed by atoms with Crippen molar-refractivity contribution in [2.45, 2.75) is 31.8 Å². The van der Waals surface area contributed by atoms with Crippen LogP contribution in [0, 0.1) is 0 Å². The van der Waals surface area contributed by atoms with Gasteiger partial charge in [-0.3, -0.25) is 4.79 Å². The first kappa shape index (κ1) is 15.3. The van der Waals surface area contributed by atoms with Gasteiger partial charge in [0.2, 0.25) is 5.91 Å². The largest absolute Gasteiger partial charge is 0.467 e. The lowest BCUT2D eigenvalue weighted by atomic mass is 10.1. The third-order valence-corrected chi connectivity index (χ3v) is 4.58. The number of amides is 1. The maximum atomic E-state index is 12.1. The fraction of sp³-hybridized carbons (Fsp3) is 0.429. The second kappa shape index (κ2) is 6.14. The topological polar surface area (TPSA) is 46.6 Å². The molecule has 0 N–H and O–H groups in total. The first-order valence-electron chi connectivity index (χ1n) is 6.30. The minimum absolute atomic E-state index is 0.0558. The molecule has 1 saturated heterocycles. The number of carbonyl (C=O) groups is 2. The van der Waals surface area contributed by atoms with E-state index in [0.29, 0.717) is 17.9 Å². The predicted octanol–water partition coefficient (Wildman–Crippen LogP) is 3.33. The van der Waals surface area contributed by atoms with Crippen molar-refractivity contribution in [2.24, 2.45) is 0 Å². The second-order valence-electron chi connectivity index (χ2n) is 4.69. The van der Waals surface area contributed by atoms with Crippen LogP contribution in [0.4, 0.5) is 0 Å². The van der Waals surface area contributed by atoms with E-state index < -0.39 is 6.04 Å². The molecule has 1 fully saturated rings. The Bertz CT molecular complexity index is 529. The van der Waals surface area contributed by atoms with Gasteiger partial charge in [0.25, 0.3) is 0 Å². The molecule has 0 saturated carbocycles. The molecule has 20 heavy (non-hydrogen) atoms. The van der Waals surface area contributed by atoms with Crippen molar-refractivity contribution in [3.63, 3.8) is 0 Å². The Morgan fingerprint density at radius 1 is 1.55 bits per heavy atom. The average Bonchev–Trinajstić information content (AvgIpc) is 2.79. The number of nitrogens with zero attached hydrogens (tertiary/aromatic N) is 1. The molecule has 1 amide bonds. The van der Waals surface area contributed by atoms with Gasteiger partial charge in [-0.15, -0.1) is 0 Å². The Kier molecular flexibility index (Phi) is 4.70. The van der Waals surface area contributed by atoms with Crippen LogP contribution in [0.1, 0.15) is 31.4 Å². The van der Waals surface area contributed by atoms with E-state index in [-0.39, 0.29) is 17.9 Å². The second-order valence-corrected chi connectivity index (χ2v) is 5.95. The smallest absolute Gasteiger partial charge is 0.328 e. The minimum atomic E-state index is -0.536. The third kappa shape index (κ3) is 2.69. The van der Waals surface area contributed by atoms with E-state index in [2.05, 4.69) is 15.9 Å². The minimum Gasteiger partial charge on any atom is -0.467 e. The predicted molar refractivity (Wildman–Crippen MR) is 79.5 cm³/mol. The molecule has 1 aromatic rings. The van der Waals surface area contributed by atoms with E-state index in [0.717, 1.165) is 10.0 Å². The summed E-state index contributed by atoms with van der Waals surface area (Å²) >= 11 is 9.68. The number of benzene rings is 1. The lowest BCUT2D eigenvalue weighted by Gasteiger charge is -2.30. The van der Waals surface area contributed by atoms with Crippen LogP contribution in [-0.4, -0.2) is 29.9 Å². The molecule has 1 aliphatic heterocycles. The number of rotatable bonds is 3. The molecule has 0 spiro atoms. The van der Waals surface area contributed by atoms with Gasteiger partial charge in [-0.05, 0) is 25.5 Å². The van der Waals surface area contributed by atoms with Crippen LogP contribution >= 0.6 is 27.5 Å². The molecular formula is C14H15BrClNO3.